The Morgan fingerprint density at radius 3 is 2.79 bits per heavy atom. The van der Waals surface area contributed by atoms with Crippen molar-refractivity contribution in [3.05, 3.63) is 57.9 Å². The molecule has 0 unspecified atom stereocenters. The first kappa shape index (κ1) is 16.5. The van der Waals surface area contributed by atoms with E-state index < -0.39 is 11.7 Å². The van der Waals surface area contributed by atoms with E-state index in [1.165, 1.54) is 17.4 Å². The largest absolute Gasteiger partial charge is 0.416 e. The first-order valence-corrected chi connectivity index (χ1v) is 7.97. The summed E-state index contributed by atoms with van der Waals surface area (Å²) in [5.74, 6) is -0.366. The van der Waals surface area contributed by atoms with Gasteiger partial charge in [0.15, 0.2) is 4.96 Å². The fourth-order valence-electron chi connectivity index (χ4n) is 2.46. The third kappa shape index (κ3) is 3.14. The summed E-state index contributed by atoms with van der Waals surface area (Å²) in [5.41, 5.74) is 0.646. The number of nitrogens with zero attached hydrogens (tertiary/aromatic N) is 2. The Morgan fingerprint density at radius 2 is 2.08 bits per heavy atom. The van der Waals surface area contributed by atoms with Crippen LogP contribution in [-0.2, 0) is 12.7 Å². The number of hydrogen-bond donors (Lipinski definition) is 1. The monoisotopic (exact) mass is 353 g/mol. The Labute approximate surface area is 139 Å². The number of amides is 1. The Balaban J connectivity index is 1.79. The molecule has 0 bridgehead atoms. The van der Waals surface area contributed by atoms with Crippen molar-refractivity contribution in [2.24, 2.45) is 0 Å². The fourth-order valence-corrected chi connectivity index (χ4v) is 3.33. The number of benzene rings is 1. The average Bonchev–Trinajstić information content (AvgIpc) is 2.98. The van der Waals surface area contributed by atoms with Gasteiger partial charge in [0.2, 0.25) is 0 Å². The van der Waals surface area contributed by atoms with Crippen LogP contribution < -0.4 is 5.32 Å². The van der Waals surface area contributed by atoms with Crippen LogP contribution in [0.5, 0.6) is 0 Å². The molecule has 1 aromatic carbocycles. The van der Waals surface area contributed by atoms with Crippen molar-refractivity contribution in [1.82, 2.24) is 14.7 Å². The van der Waals surface area contributed by atoms with Crippen LogP contribution in [0.2, 0.25) is 0 Å². The SMILES string of the molecule is Cc1cn2c(C(=O)NCc3cccc(C(F)(F)F)c3)c(C)nc2s1. The van der Waals surface area contributed by atoms with Gasteiger partial charge in [0.25, 0.3) is 5.91 Å². The average molecular weight is 353 g/mol. The summed E-state index contributed by atoms with van der Waals surface area (Å²) < 4.78 is 39.9. The number of alkyl halides is 3. The zero-order valence-corrected chi connectivity index (χ0v) is 13.8. The second-order valence-electron chi connectivity index (χ2n) is 5.42. The number of carbonyl (C=O) groups is 1. The number of aryl methyl sites for hydroxylation is 2. The van der Waals surface area contributed by atoms with Gasteiger partial charge in [0.05, 0.1) is 11.3 Å². The van der Waals surface area contributed by atoms with E-state index in [2.05, 4.69) is 10.3 Å². The van der Waals surface area contributed by atoms with E-state index in [9.17, 15) is 18.0 Å². The highest BCUT2D eigenvalue weighted by Gasteiger charge is 2.30. The topological polar surface area (TPSA) is 46.4 Å². The number of hydrogen-bond acceptors (Lipinski definition) is 3. The first-order chi connectivity index (χ1) is 11.3. The molecule has 2 heterocycles. The number of aromatic nitrogens is 2. The summed E-state index contributed by atoms with van der Waals surface area (Å²) >= 11 is 1.47. The second kappa shape index (κ2) is 5.94. The van der Waals surface area contributed by atoms with Crippen LogP contribution in [0.1, 0.15) is 32.2 Å². The number of imidazole rings is 1. The summed E-state index contributed by atoms with van der Waals surface area (Å²) in [6.45, 7) is 3.66. The van der Waals surface area contributed by atoms with Crippen molar-refractivity contribution in [2.45, 2.75) is 26.6 Å². The van der Waals surface area contributed by atoms with Gasteiger partial charge in [0, 0.05) is 17.6 Å². The molecule has 0 aliphatic rings. The molecule has 0 aliphatic heterocycles. The predicted octanol–water partition coefficient (Wildman–Crippen LogP) is 3.96. The zero-order chi connectivity index (χ0) is 17.5. The molecule has 24 heavy (non-hydrogen) atoms. The number of thiazole rings is 1. The number of carbonyl (C=O) groups excluding carboxylic acids is 1. The molecule has 0 saturated heterocycles. The molecule has 2 aromatic heterocycles. The highest BCUT2D eigenvalue weighted by molar-refractivity contribution is 7.17. The normalized spacial score (nSPS) is 11.9. The summed E-state index contributed by atoms with van der Waals surface area (Å²) in [6.07, 6.45) is -2.58. The number of rotatable bonds is 3. The van der Waals surface area contributed by atoms with Gasteiger partial charge >= 0.3 is 6.18 Å². The molecule has 0 radical (unpaired) electrons. The first-order valence-electron chi connectivity index (χ1n) is 7.15. The van der Waals surface area contributed by atoms with E-state index in [1.54, 1.807) is 17.4 Å². The molecule has 8 heteroatoms. The summed E-state index contributed by atoms with van der Waals surface area (Å²) in [6, 6.07) is 4.91. The van der Waals surface area contributed by atoms with Crippen molar-refractivity contribution in [2.75, 3.05) is 0 Å². The predicted molar refractivity (Wildman–Crippen MR) is 85.2 cm³/mol. The second-order valence-corrected chi connectivity index (χ2v) is 6.63. The lowest BCUT2D eigenvalue weighted by Gasteiger charge is -2.09. The van der Waals surface area contributed by atoms with Crippen LogP contribution in [0.25, 0.3) is 4.96 Å². The minimum absolute atomic E-state index is 0.0124. The van der Waals surface area contributed by atoms with E-state index >= 15 is 0 Å². The van der Waals surface area contributed by atoms with Gasteiger partial charge in [-0.2, -0.15) is 13.2 Å². The molecule has 1 N–H and O–H groups in total. The molecule has 0 atom stereocenters. The number of fused-ring (bicyclic) bond motifs is 1. The van der Waals surface area contributed by atoms with E-state index in [4.69, 9.17) is 0 Å². The Bertz CT molecular complexity index is 911. The van der Waals surface area contributed by atoms with Crippen molar-refractivity contribution in [1.29, 1.82) is 0 Å². The van der Waals surface area contributed by atoms with Crippen molar-refractivity contribution >= 4 is 22.2 Å². The maximum absolute atomic E-state index is 12.7. The quantitative estimate of drug-likeness (QED) is 0.775. The van der Waals surface area contributed by atoms with Crippen molar-refractivity contribution < 1.29 is 18.0 Å². The Hall–Kier alpha value is -2.35. The van der Waals surface area contributed by atoms with Gasteiger partial charge in [0.1, 0.15) is 5.69 Å². The van der Waals surface area contributed by atoms with Crippen molar-refractivity contribution in [3.63, 3.8) is 0 Å². The van der Waals surface area contributed by atoms with E-state index in [0.29, 0.717) is 21.9 Å². The standard InChI is InChI=1S/C16H14F3N3OS/c1-9-8-22-13(10(2)21-15(22)24-9)14(23)20-7-11-4-3-5-12(6-11)16(17,18)19/h3-6,8H,7H2,1-2H3,(H,20,23). The van der Waals surface area contributed by atoms with Crippen LogP contribution >= 0.6 is 11.3 Å². The highest BCUT2D eigenvalue weighted by Crippen LogP contribution is 2.29. The molecule has 0 fully saturated rings. The third-order valence-electron chi connectivity index (χ3n) is 3.54. The fraction of sp³-hybridized carbons (Fsp3) is 0.250. The Kier molecular flexibility index (Phi) is 4.08. The molecule has 3 aromatic rings. The number of halogens is 3. The van der Waals surface area contributed by atoms with Gasteiger partial charge in [-0.3, -0.25) is 9.20 Å². The molecule has 0 aliphatic carbocycles. The van der Waals surface area contributed by atoms with Gasteiger partial charge in [-0.1, -0.05) is 12.1 Å². The maximum atomic E-state index is 12.7. The van der Waals surface area contributed by atoms with Crippen LogP contribution in [0, 0.1) is 13.8 Å². The number of nitrogens with one attached hydrogen (secondary N) is 1. The highest BCUT2D eigenvalue weighted by atomic mass is 32.1. The minimum Gasteiger partial charge on any atom is -0.347 e. The van der Waals surface area contributed by atoms with E-state index in [-0.39, 0.29) is 12.5 Å². The minimum atomic E-state index is -4.40. The molecule has 0 spiro atoms. The molecule has 1 amide bonds. The van der Waals surface area contributed by atoms with E-state index in [1.807, 2.05) is 13.1 Å². The van der Waals surface area contributed by atoms with Crippen LogP contribution in [0.15, 0.2) is 30.5 Å². The smallest absolute Gasteiger partial charge is 0.347 e. The zero-order valence-electron chi connectivity index (χ0n) is 12.9. The molecule has 4 nitrogen and oxygen atoms in total. The van der Waals surface area contributed by atoms with Gasteiger partial charge in [-0.25, -0.2) is 4.98 Å². The molecule has 0 saturated carbocycles. The van der Waals surface area contributed by atoms with Gasteiger partial charge in [-0.05, 0) is 31.5 Å². The van der Waals surface area contributed by atoms with Crippen LogP contribution in [0.4, 0.5) is 13.2 Å². The lowest BCUT2D eigenvalue weighted by atomic mass is 10.1. The maximum Gasteiger partial charge on any atom is 0.416 e. The molecule has 3 rings (SSSR count). The lowest BCUT2D eigenvalue weighted by molar-refractivity contribution is -0.137. The summed E-state index contributed by atoms with van der Waals surface area (Å²) in [5, 5.41) is 2.66. The molecular formula is C16H14F3N3OS. The summed E-state index contributed by atoms with van der Waals surface area (Å²) in [7, 11) is 0. The third-order valence-corrected chi connectivity index (χ3v) is 4.44. The van der Waals surface area contributed by atoms with Crippen LogP contribution in [0.3, 0.4) is 0 Å². The molecule has 126 valence electrons. The summed E-state index contributed by atoms with van der Waals surface area (Å²) in [4.78, 5) is 18.5. The Morgan fingerprint density at radius 1 is 1.33 bits per heavy atom. The van der Waals surface area contributed by atoms with E-state index in [0.717, 1.165) is 17.0 Å². The van der Waals surface area contributed by atoms with Crippen molar-refractivity contribution in [3.8, 4) is 0 Å². The lowest BCUT2D eigenvalue weighted by Crippen LogP contribution is -2.25. The van der Waals surface area contributed by atoms with Gasteiger partial charge < -0.3 is 5.32 Å². The van der Waals surface area contributed by atoms with Crippen LogP contribution in [-0.4, -0.2) is 15.3 Å². The van der Waals surface area contributed by atoms with Gasteiger partial charge in [-0.15, -0.1) is 11.3 Å². The molecular weight excluding hydrogens is 339 g/mol.